The molecule has 2 aromatic carbocycles. The first-order valence-corrected chi connectivity index (χ1v) is 8.89. The predicted molar refractivity (Wildman–Crippen MR) is 107 cm³/mol. The zero-order valence-corrected chi connectivity index (χ0v) is 16.0. The molecule has 0 saturated heterocycles. The summed E-state index contributed by atoms with van der Waals surface area (Å²) in [6.07, 6.45) is 1.63. The summed E-state index contributed by atoms with van der Waals surface area (Å²) in [5.74, 6) is 0.397. The molecule has 5 nitrogen and oxygen atoms in total. The molecule has 0 atom stereocenters. The summed E-state index contributed by atoms with van der Waals surface area (Å²) in [5.41, 5.74) is 6.80. The highest BCUT2D eigenvalue weighted by Crippen LogP contribution is 2.16. The minimum Gasteiger partial charge on any atom is -0.484 e. The monoisotopic (exact) mass is 353 g/mol. The van der Waals surface area contributed by atoms with Gasteiger partial charge < -0.3 is 9.64 Å². The lowest BCUT2D eigenvalue weighted by Crippen LogP contribution is -2.24. The third-order valence-corrected chi connectivity index (χ3v) is 3.99. The minimum absolute atomic E-state index is 0.0683. The van der Waals surface area contributed by atoms with Crippen molar-refractivity contribution < 1.29 is 9.53 Å². The molecule has 1 amide bonds. The molecule has 0 unspecified atom stereocenters. The lowest BCUT2D eigenvalue weighted by Gasteiger charge is -2.20. The average Bonchev–Trinajstić information content (AvgIpc) is 2.61. The quantitative estimate of drug-likeness (QED) is 0.582. The number of hydrogen-bond acceptors (Lipinski definition) is 4. The molecule has 0 aliphatic heterocycles. The highest BCUT2D eigenvalue weighted by molar-refractivity contribution is 5.83. The topological polar surface area (TPSA) is 53.9 Å². The Morgan fingerprint density at radius 1 is 1.08 bits per heavy atom. The highest BCUT2D eigenvalue weighted by Gasteiger charge is 2.03. The summed E-state index contributed by atoms with van der Waals surface area (Å²) in [7, 11) is 0. The van der Waals surface area contributed by atoms with Crippen molar-refractivity contribution >= 4 is 17.8 Å². The zero-order valence-electron chi connectivity index (χ0n) is 16.0. The molecular formula is C21H27N3O2. The van der Waals surface area contributed by atoms with Gasteiger partial charge in [0.15, 0.2) is 6.61 Å². The van der Waals surface area contributed by atoms with Crippen LogP contribution >= 0.6 is 0 Å². The van der Waals surface area contributed by atoms with Crippen LogP contribution in [0.1, 0.15) is 30.5 Å². The highest BCUT2D eigenvalue weighted by atomic mass is 16.5. The van der Waals surface area contributed by atoms with E-state index >= 15 is 0 Å². The van der Waals surface area contributed by atoms with Crippen molar-refractivity contribution in [2.45, 2.75) is 27.7 Å². The van der Waals surface area contributed by atoms with Gasteiger partial charge in [0, 0.05) is 18.8 Å². The van der Waals surface area contributed by atoms with Crippen molar-refractivity contribution in [2.24, 2.45) is 5.10 Å². The van der Waals surface area contributed by atoms with Crippen LogP contribution in [0.25, 0.3) is 0 Å². The van der Waals surface area contributed by atoms with Gasteiger partial charge in [-0.25, -0.2) is 5.43 Å². The van der Waals surface area contributed by atoms with Crippen molar-refractivity contribution in [3.05, 3.63) is 59.2 Å². The molecular weight excluding hydrogens is 326 g/mol. The molecule has 0 aliphatic rings. The first kappa shape index (κ1) is 19.5. The molecule has 0 aromatic heterocycles. The smallest absolute Gasteiger partial charge is 0.277 e. The Balaban J connectivity index is 1.82. The van der Waals surface area contributed by atoms with Gasteiger partial charge >= 0.3 is 0 Å². The average molecular weight is 353 g/mol. The molecule has 1 N–H and O–H groups in total. The molecule has 0 bridgehead atoms. The van der Waals surface area contributed by atoms with E-state index in [0.717, 1.165) is 29.8 Å². The van der Waals surface area contributed by atoms with Crippen LogP contribution in [-0.2, 0) is 4.79 Å². The second-order valence-electron chi connectivity index (χ2n) is 6.17. The van der Waals surface area contributed by atoms with E-state index in [1.165, 1.54) is 5.69 Å². The largest absolute Gasteiger partial charge is 0.484 e. The van der Waals surface area contributed by atoms with Crippen LogP contribution in [0.4, 0.5) is 5.69 Å². The Bertz CT molecular complexity index is 730. The first-order chi connectivity index (χ1) is 12.5. The molecule has 0 aliphatic carbocycles. The van der Waals surface area contributed by atoms with E-state index in [2.05, 4.69) is 47.5 Å². The van der Waals surface area contributed by atoms with Gasteiger partial charge in [-0.05, 0) is 68.7 Å². The second kappa shape index (κ2) is 9.61. The van der Waals surface area contributed by atoms with Crippen molar-refractivity contribution in [3.8, 4) is 5.75 Å². The number of benzene rings is 2. The normalized spacial score (nSPS) is 10.8. The van der Waals surface area contributed by atoms with Gasteiger partial charge in [0.25, 0.3) is 5.91 Å². The molecule has 0 radical (unpaired) electrons. The third kappa shape index (κ3) is 5.92. The van der Waals surface area contributed by atoms with Gasteiger partial charge in [0.2, 0.25) is 0 Å². The third-order valence-electron chi connectivity index (χ3n) is 3.99. The number of carbonyl (C=O) groups is 1. The van der Waals surface area contributed by atoms with E-state index in [1.807, 2.05) is 38.1 Å². The molecule has 5 heteroatoms. The van der Waals surface area contributed by atoms with E-state index in [-0.39, 0.29) is 12.5 Å². The summed E-state index contributed by atoms with van der Waals surface area (Å²) in [4.78, 5) is 14.1. The maximum Gasteiger partial charge on any atom is 0.277 e. The Morgan fingerprint density at radius 3 is 2.27 bits per heavy atom. The van der Waals surface area contributed by atoms with Gasteiger partial charge in [-0.3, -0.25) is 4.79 Å². The Kier molecular flexibility index (Phi) is 7.21. The van der Waals surface area contributed by atoms with Crippen LogP contribution in [0.3, 0.4) is 0 Å². The van der Waals surface area contributed by atoms with Crippen LogP contribution < -0.4 is 15.1 Å². The molecule has 0 heterocycles. The number of carbonyl (C=O) groups excluding carboxylic acids is 1. The van der Waals surface area contributed by atoms with Gasteiger partial charge in [-0.1, -0.05) is 18.2 Å². The number of nitrogens with one attached hydrogen (secondary N) is 1. The van der Waals surface area contributed by atoms with Crippen LogP contribution in [0.15, 0.2) is 47.6 Å². The minimum atomic E-state index is -0.292. The van der Waals surface area contributed by atoms with E-state index in [0.29, 0.717) is 5.75 Å². The summed E-state index contributed by atoms with van der Waals surface area (Å²) >= 11 is 0. The summed E-state index contributed by atoms with van der Waals surface area (Å²) in [5, 5.41) is 3.99. The first-order valence-electron chi connectivity index (χ1n) is 8.89. The zero-order chi connectivity index (χ0) is 18.9. The van der Waals surface area contributed by atoms with E-state index in [9.17, 15) is 4.79 Å². The van der Waals surface area contributed by atoms with Crippen LogP contribution in [0.5, 0.6) is 5.75 Å². The molecule has 0 fully saturated rings. The second-order valence-corrected chi connectivity index (χ2v) is 6.17. The van der Waals surface area contributed by atoms with Crippen molar-refractivity contribution in [2.75, 3.05) is 24.6 Å². The molecule has 0 spiro atoms. The number of aryl methyl sites for hydroxylation is 2. The number of rotatable bonds is 8. The number of amides is 1. The van der Waals surface area contributed by atoms with Crippen LogP contribution in [0, 0.1) is 13.8 Å². The number of hydrazone groups is 1. The summed E-state index contributed by atoms with van der Waals surface area (Å²) in [6.45, 7) is 10.1. The van der Waals surface area contributed by atoms with Crippen LogP contribution in [-0.4, -0.2) is 31.8 Å². The van der Waals surface area contributed by atoms with Gasteiger partial charge in [0.1, 0.15) is 5.75 Å². The number of hydrogen-bond donors (Lipinski definition) is 1. The molecule has 0 saturated carbocycles. The van der Waals surface area contributed by atoms with Crippen molar-refractivity contribution in [1.82, 2.24) is 5.43 Å². The SMILES string of the molecule is CCN(CC)c1ccc(/C=N/NC(=O)COc2cc(C)cc(C)c2)cc1. The van der Waals surface area contributed by atoms with Crippen LogP contribution in [0.2, 0.25) is 0 Å². The number of ether oxygens (including phenoxy) is 1. The van der Waals surface area contributed by atoms with Crippen molar-refractivity contribution in [3.63, 3.8) is 0 Å². The Labute approximate surface area is 155 Å². The fraction of sp³-hybridized carbons (Fsp3) is 0.333. The van der Waals surface area contributed by atoms with Gasteiger partial charge in [0.05, 0.1) is 6.21 Å². The Morgan fingerprint density at radius 2 is 1.69 bits per heavy atom. The van der Waals surface area contributed by atoms with Crippen molar-refractivity contribution in [1.29, 1.82) is 0 Å². The van der Waals surface area contributed by atoms with Gasteiger partial charge in [-0.2, -0.15) is 5.10 Å². The number of anilines is 1. The lowest BCUT2D eigenvalue weighted by atomic mass is 10.1. The number of nitrogens with zero attached hydrogens (tertiary/aromatic N) is 2. The summed E-state index contributed by atoms with van der Waals surface area (Å²) in [6, 6.07) is 13.9. The predicted octanol–water partition coefficient (Wildman–Crippen LogP) is 3.68. The maximum absolute atomic E-state index is 11.8. The maximum atomic E-state index is 11.8. The standard InChI is InChI=1S/C21H27N3O2/c1-5-24(6-2)19-9-7-18(8-10-19)14-22-23-21(25)15-26-20-12-16(3)11-17(4)13-20/h7-14H,5-6,15H2,1-4H3,(H,23,25)/b22-14+. The molecule has 138 valence electrons. The van der Waals surface area contributed by atoms with E-state index < -0.39 is 0 Å². The van der Waals surface area contributed by atoms with Gasteiger partial charge in [-0.15, -0.1) is 0 Å². The van der Waals surface area contributed by atoms with E-state index in [4.69, 9.17) is 4.74 Å². The molecule has 2 rings (SSSR count). The Hall–Kier alpha value is -2.82. The molecule has 2 aromatic rings. The summed E-state index contributed by atoms with van der Waals surface area (Å²) < 4.78 is 5.51. The lowest BCUT2D eigenvalue weighted by molar-refractivity contribution is -0.123. The molecule has 26 heavy (non-hydrogen) atoms. The van der Waals surface area contributed by atoms with E-state index in [1.54, 1.807) is 6.21 Å². The fourth-order valence-electron chi connectivity index (χ4n) is 2.74. The fourth-order valence-corrected chi connectivity index (χ4v) is 2.74.